The van der Waals surface area contributed by atoms with Gasteiger partial charge in [0.1, 0.15) is 11.6 Å². The van der Waals surface area contributed by atoms with E-state index in [1.165, 1.54) is 35.1 Å². The van der Waals surface area contributed by atoms with E-state index >= 15 is 0 Å². The molecule has 0 saturated heterocycles. The van der Waals surface area contributed by atoms with E-state index in [-0.39, 0.29) is 41.3 Å². The zero-order valence-corrected chi connectivity index (χ0v) is 20.5. The molecule has 12 heteroatoms. The average Bonchev–Trinajstić information content (AvgIpc) is 3.30. The highest BCUT2D eigenvalue weighted by molar-refractivity contribution is 6.06. The first kappa shape index (κ1) is 26.5. The summed E-state index contributed by atoms with van der Waals surface area (Å²) in [5.74, 6) is -2.41. The van der Waals surface area contributed by atoms with Crippen LogP contribution in [0.3, 0.4) is 0 Å². The standard InChI is InChI=1S/C26H22F4N6O2/c1-35(2)23(37)13-22-31-14-21(24(33-22)15-7-5-4-6-8-15)32-25(38)17-11-16(20-9-10-36(3)34-20)18(12-19(17)27)26(28,29)30/h4-12,14H,13H2,1-3H3,(H,32,38). The van der Waals surface area contributed by atoms with Crippen molar-refractivity contribution in [2.24, 2.45) is 7.05 Å². The molecule has 2 heterocycles. The molecule has 0 spiro atoms. The van der Waals surface area contributed by atoms with Gasteiger partial charge >= 0.3 is 6.18 Å². The molecule has 0 atom stereocenters. The van der Waals surface area contributed by atoms with Crippen LogP contribution in [-0.4, -0.2) is 50.6 Å². The SMILES string of the molecule is CN(C)C(=O)Cc1ncc(NC(=O)c2cc(-c3ccn(C)n3)c(C(F)(F)F)cc2F)c(-c2ccccc2)n1. The van der Waals surface area contributed by atoms with Crippen LogP contribution in [0.4, 0.5) is 23.2 Å². The Balaban J connectivity index is 1.75. The molecule has 2 aromatic carbocycles. The Bertz CT molecular complexity index is 1500. The molecule has 0 aliphatic rings. The van der Waals surface area contributed by atoms with Gasteiger partial charge in [-0.1, -0.05) is 30.3 Å². The molecule has 2 aromatic heterocycles. The summed E-state index contributed by atoms with van der Waals surface area (Å²) in [5, 5.41) is 6.49. The number of aromatic nitrogens is 4. The van der Waals surface area contributed by atoms with Gasteiger partial charge in [0.05, 0.1) is 40.8 Å². The van der Waals surface area contributed by atoms with Crippen LogP contribution in [0.5, 0.6) is 0 Å². The summed E-state index contributed by atoms with van der Waals surface area (Å²) in [4.78, 5) is 35.2. The highest BCUT2D eigenvalue weighted by Gasteiger charge is 2.36. The minimum absolute atomic E-state index is 0.0721. The number of nitrogens with zero attached hydrogens (tertiary/aromatic N) is 5. The maximum Gasteiger partial charge on any atom is 0.417 e. The van der Waals surface area contributed by atoms with Crippen molar-refractivity contribution in [3.63, 3.8) is 0 Å². The predicted octanol–water partition coefficient (Wildman–Crippen LogP) is 4.59. The number of aryl methyl sites for hydroxylation is 1. The van der Waals surface area contributed by atoms with Crippen molar-refractivity contribution in [3.8, 4) is 22.5 Å². The van der Waals surface area contributed by atoms with Crippen molar-refractivity contribution in [2.45, 2.75) is 12.6 Å². The second-order valence-corrected chi connectivity index (χ2v) is 8.58. The normalized spacial score (nSPS) is 11.3. The van der Waals surface area contributed by atoms with Crippen LogP contribution in [0, 0.1) is 5.82 Å². The van der Waals surface area contributed by atoms with Gasteiger partial charge < -0.3 is 10.2 Å². The van der Waals surface area contributed by atoms with Gasteiger partial charge in [-0.2, -0.15) is 18.3 Å². The molecule has 8 nitrogen and oxygen atoms in total. The summed E-state index contributed by atoms with van der Waals surface area (Å²) in [6, 6.07) is 11.1. The number of benzene rings is 2. The first-order valence-corrected chi connectivity index (χ1v) is 11.3. The Labute approximate surface area is 214 Å². The highest BCUT2D eigenvalue weighted by Crippen LogP contribution is 2.38. The first-order valence-electron chi connectivity index (χ1n) is 11.3. The Morgan fingerprint density at radius 2 is 1.79 bits per heavy atom. The fourth-order valence-electron chi connectivity index (χ4n) is 3.65. The van der Waals surface area contributed by atoms with Gasteiger partial charge in [0.2, 0.25) is 5.91 Å². The van der Waals surface area contributed by atoms with Crippen LogP contribution in [-0.2, 0) is 24.4 Å². The Kier molecular flexibility index (Phi) is 7.24. The third kappa shape index (κ3) is 5.69. The molecule has 0 aliphatic heterocycles. The van der Waals surface area contributed by atoms with Gasteiger partial charge in [-0.15, -0.1) is 0 Å². The van der Waals surface area contributed by atoms with E-state index in [4.69, 9.17) is 0 Å². The van der Waals surface area contributed by atoms with Crippen LogP contribution in [0.25, 0.3) is 22.5 Å². The van der Waals surface area contributed by atoms with Crippen LogP contribution in [0.15, 0.2) is 60.9 Å². The fraction of sp³-hybridized carbons (Fsp3) is 0.192. The van der Waals surface area contributed by atoms with Crippen molar-refractivity contribution in [3.05, 3.63) is 83.7 Å². The topological polar surface area (TPSA) is 93.0 Å². The quantitative estimate of drug-likeness (QED) is 0.371. The summed E-state index contributed by atoms with van der Waals surface area (Å²) < 4.78 is 57.2. The minimum Gasteiger partial charge on any atom is -0.348 e. The summed E-state index contributed by atoms with van der Waals surface area (Å²) in [6.07, 6.45) is -2.27. The monoisotopic (exact) mass is 526 g/mol. The van der Waals surface area contributed by atoms with Gasteiger partial charge in [0.25, 0.3) is 5.91 Å². The number of nitrogens with one attached hydrogen (secondary N) is 1. The maximum absolute atomic E-state index is 14.9. The number of amides is 2. The molecule has 38 heavy (non-hydrogen) atoms. The number of carbonyl (C=O) groups excluding carboxylic acids is 2. The zero-order chi connectivity index (χ0) is 27.6. The summed E-state index contributed by atoms with van der Waals surface area (Å²) in [7, 11) is 4.70. The Morgan fingerprint density at radius 3 is 2.39 bits per heavy atom. The summed E-state index contributed by atoms with van der Waals surface area (Å²) in [5.41, 5.74) is -1.48. The molecule has 0 saturated carbocycles. The van der Waals surface area contributed by atoms with E-state index in [9.17, 15) is 27.2 Å². The van der Waals surface area contributed by atoms with Crippen LogP contribution in [0.2, 0.25) is 0 Å². The minimum atomic E-state index is -4.88. The molecule has 0 radical (unpaired) electrons. The summed E-state index contributed by atoms with van der Waals surface area (Å²) in [6.45, 7) is 0. The third-order valence-electron chi connectivity index (χ3n) is 5.59. The number of hydrogen-bond donors (Lipinski definition) is 1. The largest absolute Gasteiger partial charge is 0.417 e. The van der Waals surface area contributed by atoms with E-state index in [0.717, 1.165) is 6.07 Å². The molecule has 0 aliphatic carbocycles. The van der Waals surface area contributed by atoms with Crippen molar-refractivity contribution in [2.75, 3.05) is 19.4 Å². The van der Waals surface area contributed by atoms with Crippen molar-refractivity contribution in [1.82, 2.24) is 24.6 Å². The lowest BCUT2D eigenvalue weighted by Gasteiger charge is -2.16. The van der Waals surface area contributed by atoms with E-state index < -0.39 is 34.6 Å². The molecule has 4 aromatic rings. The number of halogens is 4. The van der Waals surface area contributed by atoms with E-state index in [0.29, 0.717) is 5.56 Å². The molecule has 4 rings (SSSR count). The fourth-order valence-corrected chi connectivity index (χ4v) is 3.65. The average molecular weight is 526 g/mol. The lowest BCUT2D eigenvalue weighted by molar-refractivity contribution is -0.137. The van der Waals surface area contributed by atoms with Crippen LogP contribution in [0.1, 0.15) is 21.7 Å². The highest BCUT2D eigenvalue weighted by atomic mass is 19.4. The summed E-state index contributed by atoms with van der Waals surface area (Å²) >= 11 is 0. The van der Waals surface area contributed by atoms with Gasteiger partial charge in [-0.3, -0.25) is 14.3 Å². The molecular weight excluding hydrogens is 504 g/mol. The third-order valence-corrected chi connectivity index (χ3v) is 5.59. The smallest absolute Gasteiger partial charge is 0.348 e. The van der Waals surface area contributed by atoms with Gasteiger partial charge in [0.15, 0.2) is 0 Å². The lowest BCUT2D eigenvalue weighted by atomic mass is 9.99. The van der Waals surface area contributed by atoms with Crippen LogP contribution >= 0.6 is 0 Å². The second-order valence-electron chi connectivity index (χ2n) is 8.58. The number of carbonyl (C=O) groups is 2. The first-order chi connectivity index (χ1) is 17.9. The molecule has 0 bridgehead atoms. The number of alkyl halides is 3. The molecule has 0 fully saturated rings. The molecule has 2 amide bonds. The number of likely N-dealkylation sites (N-methyl/N-ethyl adjacent to an activating group) is 1. The van der Waals surface area contributed by atoms with Crippen molar-refractivity contribution >= 4 is 17.5 Å². The van der Waals surface area contributed by atoms with E-state index in [2.05, 4.69) is 20.4 Å². The van der Waals surface area contributed by atoms with E-state index in [1.54, 1.807) is 44.4 Å². The maximum atomic E-state index is 14.9. The van der Waals surface area contributed by atoms with Gasteiger partial charge in [-0.25, -0.2) is 14.4 Å². The van der Waals surface area contributed by atoms with Crippen molar-refractivity contribution < 1.29 is 27.2 Å². The number of hydrogen-bond acceptors (Lipinski definition) is 5. The molecule has 1 N–H and O–H groups in total. The van der Waals surface area contributed by atoms with Crippen LogP contribution < -0.4 is 5.32 Å². The molecule has 0 unspecified atom stereocenters. The molecular formula is C26H22F4N6O2. The van der Waals surface area contributed by atoms with Crippen molar-refractivity contribution in [1.29, 1.82) is 0 Å². The molecule has 196 valence electrons. The van der Waals surface area contributed by atoms with Gasteiger partial charge in [-0.05, 0) is 18.2 Å². The van der Waals surface area contributed by atoms with E-state index in [1.807, 2.05) is 0 Å². The Hall–Kier alpha value is -4.61. The zero-order valence-electron chi connectivity index (χ0n) is 20.5. The Morgan fingerprint density at radius 1 is 1.08 bits per heavy atom. The number of rotatable bonds is 6. The van der Waals surface area contributed by atoms with Gasteiger partial charge in [0, 0.05) is 38.5 Å². The lowest BCUT2D eigenvalue weighted by Crippen LogP contribution is -2.24. The second kappa shape index (κ2) is 10.4. The number of anilines is 1. The predicted molar refractivity (Wildman–Crippen MR) is 131 cm³/mol.